The Bertz CT molecular complexity index is 1180. The van der Waals surface area contributed by atoms with Crippen LogP contribution in [0, 0.1) is 38.5 Å². The lowest BCUT2D eigenvalue weighted by Crippen LogP contribution is -2.51. The van der Waals surface area contributed by atoms with Gasteiger partial charge in [-0.05, 0) is 114 Å². The van der Waals surface area contributed by atoms with Crippen molar-refractivity contribution in [1.29, 1.82) is 0 Å². The van der Waals surface area contributed by atoms with Gasteiger partial charge in [0.1, 0.15) is 23.2 Å². The maximum atomic E-state index is 13.2. The van der Waals surface area contributed by atoms with Crippen LogP contribution in [-0.2, 0) is 16.0 Å². The SMILES string of the molecule is CCCCC/C=C\C/C=C\CCCCCCCC(=O)OC1Cc2c(C)c(O)c(C)c(C)c2O[C@@]1(C)CCC[C@H](C)CCC[C@@H](C)CCCC(C)C. The summed E-state index contributed by atoms with van der Waals surface area (Å²) in [6, 6.07) is 0. The maximum Gasteiger partial charge on any atom is 0.306 e. The summed E-state index contributed by atoms with van der Waals surface area (Å²) < 4.78 is 13.1. The van der Waals surface area contributed by atoms with Crippen LogP contribution in [0.3, 0.4) is 0 Å². The minimum Gasteiger partial charge on any atom is -0.507 e. The van der Waals surface area contributed by atoms with E-state index in [0.29, 0.717) is 24.5 Å². The van der Waals surface area contributed by atoms with Gasteiger partial charge in [0.05, 0.1) is 0 Å². The Morgan fingerprint density at radius 2 is 1.33 bits per heavy atom. The number of ether oxygens (including phenoxy) is 2. The lowest BCUT2D eigenvalue weighted by atomic mass is 9.81. The number of unbranched alkanes of at least 4 members (excludes halogenated alkanes) is 8. The zero-order chi connectivity index (χ0) is 37.6. The molecule has 4 atom stereocenters. The average molecular weight is 709 g/mol. The molecule has 4 heteroatoms. The van der Waals surface area contributed by atoms with Gasteiger partial charge in [-0.2, -0.15) is 0 Å². The predicted octanol–water partition coefficient (Wildman–Crippen LogP) is 14.2. The Hall–Kier alpha value is -2.23. The number of hydrogen-bond acceptors (Lipinski definition) is 4. The minimum atomic E-state index is -0.591. The summed E-state index contributed by atoms with van der Waals surface area (Å²) in [4.78, 5) is 13.2. The van der Waals surface area contributed by atoms with E-state index in [1.807, 2.05) is 20.8 Å². The molecule has 0 aliphatic carbocycles. The van der Waals surface area contributed by atoms with Gasteiger partial charge >= 0.3 is 5.97 Å². The smallest absolute Gasteiger partial charge is 0.306 e. The van der Waals surface area contributed by atoms with Crippen molar-refractivity contribution in [2.24, 2.45) is 17.8 Å². The van der Waals surface area contributed by atoms with Crippen LogP contribution in [-0.4, -0.2) is 22.8 Å². The van der Waals surface area contributed by atoms with E-state index in [1.54, 1.807) is 0 Å². The van der Waals surface area contributed by atoms with Gasteiger partial charge in [0.25, 0.3) is 0 Å². The number of aromatic hydroxyl groups is 1. The van der Waals surface area contributed by atoms with Gasteiger partial charge in [0, 0.05) is 18.4 Å². The van der Waals surface area contributed by atoms with Gasteiger partial charge in [-0.3, -0.25) is 4.79 Å². The van der Waals surface area contributed by atoms with Crippen molar-refractivity contribution in [3.05, 3.63) is 46.6 Å². The minimum absolute atomic E-state index is 0.120. The topological polar surface area (TPSA) is 55.8 Å². The zero-order valence-electron chi connectivity index (χ0n) is 34.8. The van der Waals surface area contributed by atoms with Gasteiger partial charge in [0.2, 0.25) is 0 Å². The number of allylic oxidation sites excluding steroid dienone is 4. The van der Waals surface area contributed by atoms with Crippen LogP contribution in [0.4, 0.5) is 0 Å². The van der Waals surface area contributed by atoms with E-state index in [2.05, 4.69) is 65.8 Å². The van der Waals surface area contributed by atoms with E-state index in [4.69, 9.17) is 9.47 Å². The van der Waals surface area contributed by atoms with Gasteiger partial charge in [-0.1, -0.05) is 136 Å². The molecule has 0 fully saturated rings. The Balaban J connectivity index is 1.83. The summed E-state index contributed by atoms with van der Waals surface area (Å²) in [5.74, 6) is 3.40. The van der Waals surface area contributed by atoms with Crippen molar-refractivity contribution in [3.8, 4) is 11.5 Å². The van der Waals surface area contributed by atoms with Crippen molar-refractivity contribution >= 4 is 5.97 Å². The second-order valence-corrected chi connectivity index (χ2v) is 17.0. The first kappa shape index (κ1) is 44.9. The van der Waals surface area contributed by atoms with E-state index in [9.17, 15) is 9.90 Å². The van der Waals surface area contributed by atoms with Crippen LogP contribution in [0.25, 0.3) is 0 Å². The molecule has 0 saturated heterocycles. The highest BCUT2D eigenvalue weighted by Crippen LogP contribution is 2.45. The average Bonchev–Trinajstić information content (AvgIpc) is 3.08. The fourth-order valence-electron chi connectivity index (χ4n) is 7.71. The molecule has 2 rings (SSSR count). The maximum absolute atomic E-state index is 13.2. The van der Waals surface area contributed by atoms with E-state index in [0.717, 1.165) is 91.2 Å². The van der Waals surface area contributed by atoms with Gasteiger partial charge in [-0.25, -0.2) is 0 Å². The number of phenolic OH excluding ortho intramolecular Hbond substituents is 1. The third-order valence-electron chi connectivity index (χ3n) is 11.6. The molecule has 1 aliphatic heterocycles. The Morgan fingerprint density at radius 3 is 1.96 bits per heavy atom. The fraction of sp³-hybridized carbons (Fsp3) is 0.766. The molecule has 1 aromatic carbocycles. The number of esters is 1. The molecule has 4 nitrogen and oxygen atoms in total. The summed E-state index contributed by atoms with van der Waals surface area (Å²) in [6.45, 7) is 19.8. The molecule has 0 bridgehead atoms. The van der Waals surface area contributed by atoms with Crippen molar-refractivity contribution in [2.45, 2.75) is 215 Å². The summed E-state index contributed by atoms with van der Waals surface area (Å²) in [5, 5.41) is 10.8. The molecule has 0 aromatic heterocycles. The molecule has 0 saturated carbocycles. The van der Waals surface area contributed by atoms with Crippen LogP contribution in [0.15, 0.2) is 24.3 Å². The fourth-order valence-corrected chi connectivity index (χ4v) is 7.71. The lowest BCUT2D eigenvalue weighted by Gasteiger charge is -2.43. The van der Waals surface area contributed by atoms with Crippen molar-refractivity contribution in [2.75, 3.05) is 0 Å². The zero-order valence-corrected chi connectivity index (χ0v) is 34.8. The first-order valence-corrected chi connectivity index (χ1v) is 21.4. The number of phenols is 1. The van der Waals surface area contributed by atoms with Gasteiger partial charge < -0.3 is 14.6 Å². The highest BCUT2D eigenvalue weighted by atomic mass is 16.6. The summed E-state index contributed by atoms with van der Waals surface area (Å²) in [6.07, 6.45) is 33.7. The highest BCUT2D eigenvalue weighted by molar-refractivity contribution is 5.70. The van der Waals surface area contributed by atoms with E-state index >= 15 is 0 Å². The number of fused-ring (bicyclic) bond motifs is 1. The van der Waals surface area contributed by atoms with Crippen molar-refractivity contribution < 1.29 is 19.4 Å². The largest absolute Gasteiger partial charge is 0.507 e. The predicted molar refractivity (Wildman–Crippen MR) is 219 cm³/mol. The molecule has 1 heterocycles. The normalized spacial score (nSPS) is 18.7. The van der Waals surface area contributed by atoms with Crippen molar-refractivity contribution in [1.82, 2.24) is 0 Å². The second kappa shape index (κ2) is 24.9. The van der Waals surface area contributed by atoms with Crippen LogP contribution < -0.4 is 4.74 Å². The molecule has 292 valence electrons. The number of carbonyl (C=O) groups is 1. The first-order valence-electron chi connectivity index (χ1n) is 21.4. The molecular weight excluding hydrogens is 629 g/mol. The third-order valence-corrected chi connectivity index (χ3v) is 11.6. The first-order chi connectivity index (χ1) is 24.4. The molecule has 51 heavy (non-hydrogen) atoms. The number of benzene rings is 1. The molecule has 1 aliphatic rings. The van der Waals surface area contributed by atoms with Crippen molar-refractivity contribution in [3.63, 3.8) is 0 Å². The lowest BCUT2D eigenvalue weighted by molar-refractivity contribution is -0.163. The number of carbonyl (C=O) groups excluding carboxylic acids is 1. The van der Waals surface area contributed by atoms with Gasteiger partial charge in [-0.15, -0.1) is 0 Å². The molecule has 1 N–H and O–H groups in total. The van der Waals surface area contributed by atoms with Gasteiger partial charge in [0.15, 0.2) is 0 Å². The Labute approximate surface area is 315 Å². The van der Waals surface area contributed by atoms with Crippen LogP contribution >= 0.6 is 0 Å². The quantitative estimate of drug-likeness (QED) is 0.0561. The summed E-state index contributed by atoms with van der Waals surface area (Å²) in [7, 11) is 0. The van der Waals surface area contributed by atoms with E-state index < -0.39 is 5.60 Å². The third kappa shape index (κ3) is 17.0. The second-order valence-electron chi connectivity index (χ2n) is 17.0. The Morgan fingerprint density at radius 1 is 0.765 bits per heavy atom. The standard InChI is InChI=1S/C47H80O4/c1-10-11-12-13-14-15-16-17-18-19-20-21-22-23-24-33-44(48)50-43-35-42-41(8)45(49)39(6)40(7)46(42)51-47(43,9)34-27-32-38(5)31-26-30-37(4)29-25-28-36(2)3/h14-15,17-18,36-38,43,49H,10-13,16,19-35H2,1-9H3/b15-14-,18-17-/t37-,38+,43?,47-/m0/s1. The molecule has 0 spiro atoms. The number of hydrogen-bond donors (Lipinski definition) is 1. The summed E-state index contributed by atoms with van der Waals surface area (Å²) in [5.41, 5.74) is 3.10. The van der Waals surface area contributed by atoms with Crippen LogP contribution in [0.1, 0.15) is 199 Å². The van der Waals surface area contributed by atoms with E-state index in [-0.39, 0.29) is 12.1 Å². The van der Waals surface area contributed by atoms with Crippen LogP contribution in [0.2, 0.25) is 0 Å². The molecule has 0 amide bonds. The monoisotopic (exact) mass is 709 g/mol. The molecule has 0 radical (unpaired) electrons. The molecular formula is C47H80O4. The molecule has 1 aromatic rings. The highest BCUT2D eigenvalue weighted by Gasteiger charge is 2.44. The summed E-state index contributed by atoms with van der Waals surface area (Å²) >= 11 is 0. The molecule has 1 unspecified atom stereocenters. The van der Waals surface area contributed by atoms with E-state index in [1.165, 1.54) is 77.0 Å². The van der Waals surface area contributed by atoms with Crippen LogP contribution in [0.5, 0.6) is 11.5 Å². The number of rotatable bonds is 27. The Kier molecular flexibility index (Phi) is 21.9.